The number of hydrogen-bond donors (Lipinski definition) is 2. The lowest BCUT2D eigenvalue weighted by atomic mass is 10.2. The predicted molar refractivity (Wildman–Crippen MR) is 69.9 cm³/mol. The average molecular weight is 276 g/mol. The van der Waals surface area contributed by atoms with E-state index < -0.39 is 11.9 Å². The first-order valence-corrected chi connectivity index (χ1v) is 6.53. The molecule has 0 bridgehead atoms. The second-order valence-corrected chi connectivity index (χ2v) is 3.97. The molecule has 0 unspecified atom stereocenters. The average Bonchev–Trinajstić information content (AvgIpc) is 2.33. The van der Waals surface area contributed by atoms with E-state index in [1.54, 1.807) is 0 Å². The Morgan fingerprint density at radius 3 is 1.74 bits per heavy atom. The lowest BCUT2D eigenvalue weighted by Crippen LogP contribution is -2.04. The van der Waals surface area contributed by atoms with Crippen molar-refractivity contribution in [2.24, 2.45) is 0 Å². The molecule has 0 heterocycles. The highest BCUT2D eigenvalue weighted by Crippen LogP contribution is 1.96. The third kappa shape index (κ3) is 22.1. The fourth-order valence-corrected chi connectivity index (χ4v) is 1.00. The molecule has 0 rings (SSSR count). The van der Waals surface area contributed by atoms with Crippen LogP contribution in [0.2, 0.25) is 0 Å². The first kappa shape index (κ1) is 19.7. The Hall–Kier alpha value is -1.59. The number of carboxylic acid groups (broad SMARTS) is 2. The minimum absolute atomic E-state index is 0.0521. The van der Waals surface area contributed by atoms with Crippen molar-refractivity contribution >= 4 is 17.9 Å². The van der Waals surface area contributed by atoms with Crippen molar-refractivity contribution in [3.63, 3.8) is 0 Å². The number of carboxylic acids is 2. The van der Waals surface area contributed by atoms with Crippen LogP contribution in [0.15, 0.2) is 0 Å². The number of ether oxygens (including phenoxy) is 1. The summed E-state index contributed by atoms with van der Waals surface area (Å²) in [5.41, 5.74) is 0. The normalized spacial score (nSPS) is 9.16. The summed E-state index contributed by atoms with van der Waals surface area (Å²) in [5, 5.41) is 16.1. The van der Waals surface area contributed by atoms with Gasteiger partial charge < -0.3 is 14.9 Å². The molecule has 0 aromatic heterocycles. The van der Waals surface area contributed by atoms with Crippen LogP contribution in [0.25, 0.3) is 0 Å². The number of hydrogen-bond acceptors (Lipinski definition) is 4. The predicted octanol–water partition coefficient (Wildman–Crippen LogP) is 2.46. The summed E-state index contributed by atoms with van der Waals surface area (Å²) in [5.74, 6) is -1.95. The van der Waals surface area contributed by atoms with Crippen molar-refractivity contribution < 1.29 is 29.3 Å². The van der Waals surface area contributed by atoms with Crippen molar-refractivity contribution in [3.8, 4) is 0 Å². The number of carbonyl (C=O) groups excluding carboxylic acids is 1. The molecule has 0 aromatic rings. The molecule has 0 atom stereocenters. The third-order valence-corrected chi connectivity index (χ3v) is 1.98. The maximum Gasteiger partial charge on any atom is 0.305 e. The van der Waals surface area contributed by atoms with E-state index in [0.717, 1.165) is 19.3 Å². The van der Waals surface area contributed by atoms with Crippen LogP contribution in [-0.4, -0.2) is 34.7 Å². The van der Waals surface area contributed by atoms with E-state index in [0.29, 0.717) is 13.0 Å². The Labute approximate surface area is 113 Å². The summed E-state index contributed by atoms with van der Waals surface area (Å²) in [4.78, 5) is 30.3. The molecule has 0 aromatic carbocycles. The molecular formula is C13H24O6. The number of carbonyl (C=O) groups is 3. The van der Waals surface area contributed by atoms with Crippen molar-refractivity contribution in [1.29, 1.82) is 0 Å². The number of esters is 1. The Morgan fingerprint density at radius 2 is 1.37 bits per heavy atom. The van der Waals surface area contributed by atoms with Crippen molar-refractivity contribution in [3.05, 3.63) is 0 Å². The molecule has 6 nitrogen and oxygen atoms in total. The van der Waals surface area contributed by atoms with Gasteiger partial charge in [-0.15, -0.1) is 0 Å². The van der Waals surface area contributed by atoms with Gasteiger partial charge in [-0.3, -0.25) is 14.4 Å². The topological polar surface area (TPSA) is 101 Å². The summed E-state index contributed by atoms with van der Waals surface area (Å²) < 4.78 is 4.85. The van der Waals surface area contributed by atoms with Gasteiger partial charge in [-0.2, -0.15) is 0 Å². The van der Waals surface area contributed by atoms with Gasteiger partial charge in [0.1, 0.15) is 0 Å². The molecule has 0 aliphatic rings. The molecule has 0 fully saturated rings. The number of rotatable bonds is 9. The Kier molecular flexibility index (Phi) is 15.0. The highest BCUT2D eigenvalue weighted by Gasteiger charge is 1.99. The maximum atomic E-state index is 10.7. The molecule has 0 aliphatic heterocycles. The molecule has 0 radical (unpaired) electrons. The lowest BCUT2D eigenvalue weighted by molar-refractivity contribution is -0.144. The van der Waals surface area contributed by atoms with Crippen molar-refractivity contribution in [1.82, 2.24) is 0 Å². The van der Waals surface area contributed by atoms with Crippen LogP contribution >= 0.6 is 0 Å². The van der Waals surface area contributed by atoms with Crippen molar-refractivity contribution in [2.75, 3.05) is 6.61 Å². The maximum absolute atomic E-state index is 10.7. The SMILES string of the molecule is CCCCC(=O)OCCC.O=C(O)CCCC(=O)O. The monoisotopic (exact) mass is 276 g/mol. The van der Waals surface area contributed by atoms with Gasteiger partial charge in [0.15, 0.2) is 0 Å². The standard InChI is InChI=1S/C8H16O2.C5H8O4/c1-3-5-6-8(9)10-7-4-2;6-4(7)2-1-3-5(8)9/h3-7H2,1-2H3;1-3H2,(H,6,7)(H,8,9). The van der Waals surface area contributed by atoms with Gasteiger partial charge in [0.25, 0.3) is 0 Å². The summed E-state index contributed by atoms with van der Waals surface area (Å²) in [7, 11) is 0. The molecule has 112 valence electrons. The Morgan fingerprint density at radius 1 is 0.842 bits per heavy atom. The van der Waals surface area contributed by atoms with Crippen LogP contribution in [0.1, 0.15) is 58.8 Å². The highest BCUT2D eigenvalue weighted by atomic mass is 16.5. The molecule has 2 N–H and O–H groups in total. The summed E-state index contributed by atoms with van der Waals surface area (Å²) in [6.07, 6.45) is 3.58. The van der Waals surface area contributed by atoms with E-state index in [9.17, 15) is 14.4 Å². The second kappa shape index (κ2) is 14.5. The number of aliphatic carboxylic acids is 2. The molecular weight excluding hydrogens is 252 g/mol. The summed E-state index contributed by atoms with van der Waals surface area (Å²) >= 11 is 0. The zero-order valence-electron chi connectivity index (χ0n) is 11.7. The quantitative estimate of drug-likeness (QED) is 0.627. The van der Waals surface area contributed by atoms with Crippen LogP contribution in [-0.2, 0) is 19.1 Å². The Bertz CT molecular complexity index is 238. The van der Waals surface area contributed by atoms with E-state index in [1.165, 1.54) is 0 Å². The van der Waals surface area contributed by atoms with Gasteiger partial charge in [-0.05, 0) is 19.3 Å². The largest absolute Gasteiger partial charge is 0.481 e. The van der Waals surface area contributed by atoms with E-state index in [-0.39, 0.29) is 25.2 Å². The van der Waals surface area contributed by atoms with Gasteiger partial charge in [0, 0.05) is 19.3 Å². The van der Waals surface area contributed by atoms with E-state index in [2.05, 4.69) is 6.92 Å². The summed E-state index contributed by atoms with van der Waals surface area (Å²) in [6.45, 7) is 4.63. The van der Waals surface area contributed by atoms with E-state index >= 15 is 0 Å². The first-order valence-electron chi connectivity index (χ1n) is 6.53. The highest BCUT2D eigenvalue weighted by molar-refractivity contribution is 5.70. The molecule has 0 saturated carbocycles. The first-order chi connectivity index (χ1) is 8.93. The molecule has 0 saturated heterocycles. The Balaban J connectivity index is 0. The van der Waals surface area contributed by atoms with Gasteiger partial charge in [0.2, 0.25) is 0 Å². The van der Waals surface area contributed by atoms with Crippen LogP contribution in [0.4, 0.5) is 0 Å². The van der Waals surface area contributed by atoms with Gasteiger partial charge in [0.05, 0.1) is 6.61 Å². The van der Waals surface area contributed by atoms with Crippen LogP contribution in [0.3, 0.4) is 0 Å². The van der Waals surface area contributed by atoms with E-state index in [4.69, 9.17) is 14.9 Å². The molecule has 0 spiro atoms. The van der Waals surface area contributed by atoms with Crippen LogP contribution in [0, 0.1) is 0 Å². The molecule has 19 heavy (non-hydrogen) atoms. The fourth-order valence-electron chi connectivity index (χ4n) is 1.00. The zero-order valence-corrected chi connectivity index (χ0v) is 11.7. The third-order valence-electron chi connectivity index (χ3n) is 1.98. The lowest BCUT2D eigenvalue weighted by Gasteiger charge is -2.00. The minimum atomic E-state index is -0.948. The zero-order chi connectivity index (χ0) is 15.1. The smallest absolute Gasteiger partial charge is 0.305 e. The molecule has 6 heteroatoms. The van der Waals surface area contributed by atoms with Crippen LogP contribution < -0.4 is 0 Å². The van der Waals surface area contributed by atoms with Crippen molar-refractivity contribution in [2.45, 2.75) is 58.8 Å². The van der Waals surface area contributed by atoms with E-state index in [1.807, 2.05) is 6.92 Å². The summed E-state index contributed by atoms with van der Waals surface area (Å²) in [6, 6.07) is 0. The second-order valence-electron chi connectivity index (χ2n) is 3.97. The minimum Gasteiger partial charge on any atom is -0.481 e. The fraction of sp³-hybridized carbons (Fsp3) is 0.769. The van der Waals surface area contributed by atoms with Gasteiger partial charge >= 0.3 is 17.9 Å². The molecule has 0 aliphatic carbocycles. The van der Waals surface area contributed by atoms with Gasteiger partial charge in [-0.25, -0.2) is 0 Å². The van der Waals surface area contributed by atoms with Gasteiger partial charge in [-0.1, -0.05) is 20.3 Å². The van der Waals surface area contributed by atoms with Crippen LogP contribution in [0.5, 0.6) is 0 Å². The number of unbranched alkanes of at least 4 members (excludes halogenated alkanes) is 1. The molecule has 0 amide bonds.